The summed E-state index contributed by atoms with van der Waals surface area (Å²) in [5, 5.41) is 11.9. The van der Waals surface area contributed by atoms with Crippen LogP contribution in [0.5, 0.6) is 0 Å². The van der Waals surface area contributed by atoms with Crippen LogP contribution >= 0.6 is 11.6 Å². The van der Waals surface area contributed by atoms with Gasteiger partial charge in [-0.05, 0) is 6.42 Å². The van der Waals surface area contributed by atoms with Crippen LogP contribution < -0.4 is 5.73 Å². The van der Waals surface area contributed by atoms with Crippen LogP contribution in [-0.4, -0.2) is 27.5 Å². The maximum atomic E-state index is 12.6. The highest BCUT2D eigenvalue weighted by Gasteiger charge is 2.38. The highest BCUT2D eigenvalue weighted by atomic mass is 35.5. The van der Waals surface area contributed by atoms with E-state index in [4.69, 9.17) is 22.4 Å². The summed E-state index contributed by atoms with van der Waals surface area (Å²) in [6.45, 7) is -0.414. The van der Waals surface area contributed by atoms with Crippen molar-refractivity contribution in [2.75, 3.05) is 6.61 Å². The van der Waals surface area contributed by atoms with Gasteiger partial charge in [0.05, 0.1) is 6.61 Å². The molecule has 1 rings (SSSR count). The second kappa shape index (κ2) is 4.60. The number of hydrogen-bond donors (Lipinski definition) is 2. The molecule has 1 aromatic rings. The predicted octanol–water partition coefficient (Wildman–Crippen LogP) is 0.954. The number of aromatic nitrogens is 2. The Kier molecular flexibility index (Phi) is 3.82. The molecule has 1 atom stereocenters. The lowest BCUT2D eigenvalue weighted by molar-refractivity contribution is -0.142. The second-order valence-electron chi connectivity index (χ2n) is 3.39. The average molecular weight is 258 g/mol. The number of aryl methyl sites for hydroxylation is 1. The van der Waals surface area contributed by atoms with Gasteiger partial charge in [0, 0.05) is 18.7 Å². The first-order valence-corrected chi connectivity index (χ1v) is 4.80. The molecular weight excluding hydrogens is 247 g/mol. The van der Waals surface area contributed by atoms with Crippen molar-refractivity contribution in [1.82, 2.24) is 9.78 Å². The molecule has 0 amide bonds. The van der Waals surface area contributed by atoms with E-state index in [0.717, 1.165) is 4.68 Å². The van der Waals surface area contributed by atoms with Crippen LogP contribution in [0.3, 0.4) is 0 Å². The van der Waals surface area contributed by atoms with Crippen LogP contribution in [0.25, 0.3) is 0 Å². The molecule has 1 aromatic heterocycles. The summed E-state index contributed by atoms with van der Waals surface area (Å²) in [5.41, 5.74) is 4.15. The van der Waals surface area contributed by atoms with E-state index in [2.05, 4.69) is 5.10 Å². The zero-order chi connectivity index (χ0) is 12.5. The van der Waals surface area contributed by atoms with Gasteiger partial charge in [-0.25, -0.2) is 0 Å². The first kappa shape index (κ1) is 13.3. The lowest BCUT2D eigenvalue weighted by Gasteiger charge is -2.10. The van der Waals surface area contributed by atoms with Crippen molar-refractivity contribution >= 4 is 11.6 Å². The second-order valence-corrected chi connectivity index (χ2v) is 3.74. The molecule has 0 radical (unpaired) electrons. The minimum Gasteiger partial charge on any atom is -0.395 e. The summed E-state index contributed by atoms with van der Waals surface area (Å²) in [5.74, 6) is 0. The zero-order valence-electron chi connectivity index (χ0n) is 8.42. The summed E-state index contributed by atoms with van der Waals surface area (Å²) < 4.78 is 38.6. The molecule has 3 N–H and O–H groups in total. The molecule has 0 aliphatic rings. The van der Waals surface area contributed by atoms with Crippen molar-refractivity contribution in [2.24, 2.45) is 12.8 Å². The Morgan fingerprint density at radius 1 is 1.56 bits per heavy atom. The number of nitrogens with two attached hydrogens (primary N) is 1. The SMILES string of the molecule is Cn1nc(C(F)(F)F)c(CC(N)CO)c1Cl. The van der Waals surface area contributed by atoms with E-state index < -0.39 is 24.5 Å². The van der Waals surface area contributed by atoms with Crippen molar-refractivity contribution in [3.05, 3.63) is 16.4 Å². The highest BCUT2D eigenvalue weighted by Crippen LogP contribution is 2.34. The fourth-order valence-electron chi connectivity index (χ4n) is 1.28. The van der Waals surface area contributed by atoms with Crippen molar-refractivity contribution < 1.29 is 18.3 Å². The maximum Gasteiger partial charge on any atom is 0.435 e. The summed E-state index contributed by atoms with van der Waals surface area (Å²) in [7, 11) is 1.31. The number of rotatable bonds is 3. The van der Waals surface area contributed by atoms with E-state index >= 15 is 0 Å². The minimum absolute atomic E-state index is 0.115. The summed E-state index contributed by atoms with van der Waals surface area (Å²) >= 11 is 5.68. The number of hydrogen-bond acceptors (Lipinski definition) is 3. The zero-order valence-corrected chi connectivity index (χ0v) is 9.18. The van der Waals surface area contributed by atoms with Crippen LogP contribution in [0.4, 0.5) is 13.2 Å². The topological polar surface area (TPSA) is 64.1 Å². The van der Waals surface area contributed by atoms with Gasteiger partial charge < -0.3 is 10.8 Å². The third kappa shape index (κ3) is 2.66. The number of alkyl halides is 3. The normalized spacial score (nSPS) is 14.2. The van der Waals surface area contributed by atoms with Gasteiger partial charge in [0.2, 0.25) is 0 Å². The monoisotopic (exact) mass is 257 g/mol. The van der Waals surface area contributed by atoms with Gasteiger partial charge in [0.15, 0.2) is 5.69 Å². The van der Waals surface area contributed by atoms with Crippen LogP contribution in [0.1, 0.15) is 11.3 Å². The molecular formula is C8H11ClF3N3O. The van der Waals surface area contributed by atoms with E-state index in [9.17, 15) is 13.2 Å². The summed E-state index contributed by atoms with van der Waals surface area (Å²) in [6.07, 6.45) is -4.74. The standard InChI is InChI=1S/C8H11ClF3N3O/c1-15-7(9)5(2-4(13)3-16)6(14-15)8(10,11)12/h4,16H,2-3,13H2,1H3. The maximum absolute atomic E-state index is 12.6. The number of aliphatic hydroxyl groups is 1. The molecule has 0 aromatic carbocycles. The Morgan fingerprint density at radius 2 is 2.12 bits per heavy atom. The minimum atomic E-state index is -4.57. The molecule has 0 saturated carbocycles. The Morgan fingerprint density at radius 3 is 2.56 bits per heavy atom. The molecule has 0 spiro atoms. The van der Waals surface area contributed by atoms with Crippen LogP contribution in [0.2, 0.25) is 5.15 Å². The largest absolute Gasteiger partial charge is 0.435 e. The fraction of sp³-hybridized carbons (Fsp3) is 0.625. The number of aliphatic hydroxyl groups excluding tert-OH is 1. The fourth-order valence-corrected chi connectivity index (χ4v) is 1.49. The molecule has 8 heteroatoms. The molecule has 1 heterocycles. The van der Waals surface area contributed by atoms with Crippen molar-refractivity contribution in [3.8, 4) is 0 Å². The Hall–Kier alpha value is -0.790. The number of nitrogens with zero attached hydrogens (tertiary/aromatic N) is 2. The van der Waals surface area contributed by atoms with E-state index in [-0.39, 0.29) is 17.1 Å². The third-order valence-electron chi connectivity index (χ3n) is 2.04. The molecule has 0 saturated heterocycles. The van der Waals surface area contributed by atoms with Crippen LogP contribution in [-0.2, 0) is 19.6 Å². The number of halogens is 4. The predicted molar refractivity (Wildman–Crippen MR) is 52.0 cm³/mol. The van der Waals surface area contributed by atoms with Gasteiger partial charge in [-0.2, -0.15) is 18.3 Å². The molecule has 92 valence electrons. The molecule has 0 aliphatic heterocycles. The molecule has 0 bridgehead atoms. The van der Waals surface area contributed by atoms with Crippen LogP contribution in [0.15, 0.2) is 0 Å². The first-order chi connectivity index (χ1) is 7.27. The lowest BCUT2D eigenvalue weighted by Crippen LogP contribution is -2.28. The molecule has 16 heavy (non-hydrogen) atoms. The van der Waals surface area contributed by atoms with Gasteiger partial charge >= 0.3 is 6.18 Å². The van der Waals surface area contributed by atoms with E-state index in [1.165, 1.54) is 7.05 Å². The quantitative estimate of drug-likeness (QED) is 0.848. The average Bonchev–Trinajstić information content (AvgIpc) is 2.45. The Labute approximate surface area is 94.8 Å². The molecule has 0 aliphatic carbocycles. The van der Waals surface area contributed by atoms with Gasteiger partial charge in [0.25, 0.3) is 0 Å². The first-order valence-electron chi connectivity index (χ1n) is 4.42. The van der Waals surface area contributed by atoms with Crippen molar-refractivity contribution in [3.63, 3.8) is 0 Å². The summed E-state index contributed by atoms with van der Waals surface area (Å²) in [4.78, 5) is 0. The van der Waals surface area contributed by atoms with Crippen molar-refractivity contribution in [2.45, 2.75) is 18.6 Å². The molecule has 4 nitrogen and oxygen atoms in total. The Bertz CT molecular complexity index is 377. The Balaban J connectivity index is 3.14. The highest BCUT2D eigenvalue weighted by molar-refractivity contribution is 6.30. The van der Waals surface area contributed by atoms with Crippen molar-refractivity contribution in [1.29, 1.82) is 0 Å². The van der Waals surface area contributed by atoms with Gasteiger partial charge in [-0.15, -0.1) is 0 Å². The van der Waals surface area contributed by atoms with Gasteiger partial charge in [-0.3, -0.25) is 4.68 Å². The van der Waals surface area contributed by atoms with Crippen LogP contribution in [0, 0.1) is 0 Å². The van der Waals surface area contributed by atoms with Gasteiger partial charge in [0.1, 0.15) is 5.15 Å². The van der Waals surface area contributed by atoms with E-state index in [1.54, 1.807) is 0 Å². The van der Waals surface area contributed by atoms with E-state index in [1.807, 2.05) is 0 Å². The molecule has 0 fully saturated rings. The van der Waals surface area contributed by atoms with E-state index in [0.29, 0.717) is 0 Å². The third-order valence-corrected chi connectivity index (χ3v) is 2.51. The lowest BCUT2D eigenvalue weighted by atomic mass is 10.1. The smallest absolute Gasteiger partial charge is 0.395 e. The molecule has 1 unspecified atom stereocenters. The summed E-state index contributed by atoms with van der Waals surface area (Å²) in [6, 6.07) is -0.789. The van der Waals surface area contributed by atoms with Gasteiger partial charge in [-0.1, -0.05) is 11.6 Å².